The van der Waals surface area contributed by atoms with Crippen LogP contribution in [0.2, 0.25) is 0 Å². The third-order valence-electron chi connectivity index (χ3n) is 5.23. The average molecular weight is 413 g/mol. The molecule has 0 spiro atoms. The Bertz CT molecular complexity index is 878. The lowest BCUT2D eigenvalue weighted by Gasteiger charge is -2.34. The number of rotatable bonds is 8. The van der Waals surface area contributed by atoms with Crippen molar-refractivity contribution in [3.8, 4) is 11.1 Å². The van der Waals surface area contributed by atoms with E-state index in [9.17, 15) is 14.4 Å². The molecule has 0 aliphatic heterocycles. The van der Waals surface area contributed by atoms with E-state index < -0.39 is 23.3 Å². The summed E-state index contributed by atoms with van der Waals surface area (Å²) in [5.74, 6) is -2.30. The molecular weight excluding hydrogens is 386 g/mol. The Morgan fingerprint density at radius 2 is 1.50 bits per heavy atom. The molecule has 0 bridgehead atoms. The van der Waals surface area contributed by atoms with E-state index >= 15 is 0 Å². The molecule has 1 atom stereocenters. The van der Waals surface area contributed by atoms with Crippen LogP contribution in [-0.2, 0) is 16.0 Å². The number of hydroxylamine groups is 1. The van der Waals surface area contributed by atoms with Crippen LogP contribution >= 0.6 is 0 Å². The molecule has 0 saturated carbocycles. The number of benzene rings is 2. The molecular formula is C22H27N3O5. The van der Waals surface area contributed by atoms with Gasteiger partial charge in [0.1, 0.15) is 0 Å². The van der Waals surface area contributed by atoms with Gasteiger partial charge in [0.05, 0.1) is 0 Å². The van der Waals surface area contributed by atoms with Crippen LogP contribution in [-0.4, -0.2) is 59.2 Å². The Hall–Kier alpha value is -3.23. The molecule has 0 fully saturated rings. The van der Waals surface area contributed by atoms with Crippen molar-refractivity contribution in [3.05, 3.63) is 59.7 Å². The van der Waals surface area contributed by atoms with E-state index in [0.717, 1.165) is 28.0 Å². The van der Waals surface area contributed by atoms with Gasteiger partial charge in [-0.3, -0.25) is 19.6 Å². The minimum atomic E-state index is -1.93. The topological polar surface area (TPSA) is 119 Å². The number of likely N-dealkylation sites (N-methyl/N-ethyl adjacent to an activating group) is 2. The Labute approximate surface area is 175 Å². The van der Waals surface area contributed by atoms with Gasteiger partial charge >= 0.3 is 0 Å². The van der Waals surface area contributed by atoms with E-state index in [2.05, 4.69) is 5.32 Å². The van der Waals surface area contributed by atoms with Crippen molar-refractivity contribution < 1.29 is 24.7 Å². The molecule has 2 rings (SSSR count). The molecule has 8 heteroatoms. The highest BCUT2D eigenvalue weighted by Crippen LogP contribution is 2.23. The van der Waals surface area contributed by atoms with E-state index in [0.29, 0.717) is 12.0 Å². The zero-order valence-corrected chi connectivity index (χ0v) is 17.3. The molecule has 2 aromatic rings. The van der Waals surface area contributed by atoms with Gasteiger partial charge in [-0.2, -0.15) is 0 Å². The number of nitrogens with zero attached hydrogens (tertiary/aromatic N) is 1. The van der Waals surface area contributed by atoms with Gasteiger partial charge in [0.15, 0.2) is 5.54 Å². The molecule has 3 amide bonds. The second-order valence-electron chi connectivity index (χ2n) is 7.06. The molecule has 30 heavy (non-hydrogen) atoms. The van der Waals surface area contributed by atoms with Crippen LogP contribution < -0.4 is 10.8 Å². The van der Waals surface area contributed by atoms with Crippen LogP contribution in [0.15, 0.2) is 48.5 Å². The molecule has 4 N–H and O–H groups in total. The average Bonchev–Trinajstić information content (AvgIpc) is 2.80. The lowest BCUT2D eigenvalue weighted by atomic mass is 9.96. The van der Waals surface area contributed by atoms with Crippen molar-refractivity contribution >= 4 is 17.7 Å². The fraction of sp³-hybridized carbons (Fsp3) is 0.318. The molecule has 0 unspecified atom stereocenters. The number of nitrogens with one attached hydrogen (secondary N) is 2. The van der Waals surface area contributed by atoms with Crippen molar-refractivity contribution in [1.82, 2.24) is 15.7 Å². The Balaban J connectivity index is 2.23. The maximum atomic E-state index is 12.9. The number of hydrogen-bond acceptors (Lipinski definition) is 5. The summed E-state index contributed by atoms with van der Waals surface area (Å²) in [6.07, 6.45) is 1.52. The molecule has 0 heterocycles. The van der Waals surface area contributed by atoms with Crippen molar-refractivity contribution in [2.24, 2.45) is 0 Å². The summed E-state index contributed by atoms with van der Waals surface area (Å²) in [6.45, 7) is 1.41. The zero-order valence-electron chi connectivity index (χ0n) is 17.3. The number of aliphatic hydroxyl groups excluding tert-OH is 1. The lowest BCUT2D eigenvalue weighted by Crippen LogP contribution is -2.64. The van der Waals surface area contributed by atoms with Gasteiger partial charge in [-0.1, -0.05) is 36.4 Å². The third kappa shape index (κ3) is 4.67. The normalized spacial score (nSPS) is 12.6. The molecule has 0 radical (unpaired) electrons. The Morgan fingerprint density at radius 1 is 0.967 bits per heavy atom. The fourth-order valence-corrected chi connectivity index (χ4v) is 3.11. The van der Waals surface area contributed by atoms with Crippen LogP contribution in [0.1, 0.15) is 29.3 Å². The summed E-state index contributed by atoms with van der Waals surface area (Å²) >= 11 is 0. The van der Waals surface area contributed by atoms with Gasteiger partial charge in [-0.15, -0.1) is 0 Å². The maximum Gasteiger partial charge on any atom is 0.278 e. The van der Waals surface area contributed by atoms with E-state index in [1.807, 2.05) is 24.3 Å². The first kappa shape index (κ1) is 23.1. The van der Waals surface area contributed by atoms with Crippen molar-refractivity contribution in [2.75, 3.05) is 20.7 Å². The quantitative estimate of drug-likeness (QED) is 0.296. The molecule has 8 nitrogen and oxygen atoms in total. The van der Waals surface area contributed by atoms with E-state index in [1.165, 1.54) is 26.5 Å². The molecule has 0 aliphatic carbocycles. The number of carbonyl (C=O) groups is 3. The summed E-state index contributed by atoms with van der Waals surface area (Å²) in [4.78, 5) is 38.2. The summed E-state index contributed by atoms with van der Waals surface area (Å²) < 4.78 is 0. The summed E-state index contributed by atoms with van der Waals surface area (Å²) in [5.41, 5.74) is 2.83. The first-order valence-electron chi connectivity index (χ1n) is 9.54. The first-order valence-corrected chi connectivity index (χ1v) is 9.54. The van der Waals surface area contributed by atoms with E-state index in [-0.39, 0.29) is 6.61 Å². The predicted molar refractivity (Wildman–Crippen MR) is 112 cm³/mol. The van der Waals surface area contributed by atoms with Crippen LogP contribution in [0.5, 0.6) is 0 Å². The second-order valence-corrected chi connectivity index (χ2v) is 7.06. The van der Waals surface area contributed by atoms with Crippen molar-refractivity contribution in [1.29, 1.82) is 0 Å². The fourth-order valence-electron chi connectivity index (χ4n) is 3.11. The van der Waals surface area contributed by atoms with Crippen LogP contribution in [0.3, 0.4) is 0 Å². The monoisotopic (exact) mass is 413 g/mol. The summed E-state index contributed by atoms with van der Waals surface area (Å²) in [6, 6.07) is 14.8. The van der Waals surface area contributed by atoms with Crippen LogP contribution in [0.25, 0.3) is 11.1 Å². The number of carbonyl (C=O) groups excluding carboxylic acids is 3. The van der Waals surface area contributed by atoms with Gasteiger partial charge in [-0.05, 0) is 48.6 Å². The van der Waals surface area contributed by atoms with Gasteiger partial charge in [0.25, 0.3) is 17.7 Å². The van der Waals surface area contributed by atoms with Crippen LogP contribution in [0, 0.1) is 0 Å². The highest BCUT2D eigenvalue weighted by atomic mass is 16.5. The number of aryl methyl sites for hydroxylation is 1. The summed E-state index contributed by atoms with van der Waals surface area (Å²) in [7, 11) is 2.67. The molecule has 160 valence electrons. The van der Waals surface area contributed by atoms with Crippen molar-refractivity contribution in [2.45, 2.75) is 25.3 Å². The van der Waals surface area contributed by atoms with Gasteiger partial charge in [0, 0.05) is 26.3 Å². The van der Waals surface area contributed by atoms with E-state index in [1.54, 1.807) is 24.3 Å². The standard InChI is InChI=1S/C22H27N3O5/c1-22(20(28)23-2,21(29)24-30)25(3)19(27)18-12-10-17(11-13-18)16-8-6-15(7-9-16)5-4-14-26/h6-13,26,30H,4-5,14H2,1-3H3,(H,23,28)(H,24,29)/t22-/m0/s1. The summed E-state index contributed by atoms with van der Waals surface area (Å²) in [5, 5.41) is 20.3. The Morgan fingerprint density at radius 3 is 1.97 bits per heavy atom. The number of hydrogen-bond donors (Lipinski definition) is 4. The Kier molecular flexibility index (Phi) is 7.68. The minimum absolute atomic E-state index is 0.157. The number of aliphatic hydroxyl groups is 1. The van der Waals surface area contributed by atoms with Gasteiger partial charge in [0.2, 0.25) is 0 Å². The highest BCUT2D eigenvalue weighted by molar-refractivity contribution is 6.12. The first-order chi connectivity index (χ1) is 14.3. The highest BCUT2D eigenvalue weighted by Gasteiger charge is 2.47. The van der Waals surface area contributed by atoms with Crippen molar-refractivity contribution in [3.63, 3.8) is 0 Å². The zero-order chi connectivity index (χ0) is 22.3. The lowest BCUT2D eigenvalue weighted by molar-refractivity contribution is -0.148. The molecule has 0 saturated heterocycles. The molecule has 0 aromatic heterocycles. The van der Waals surface area contributed by atoms with Gasteiger partial charge < -0.3 is 15.3 Å². The molecule has 2 aromatic carbocycles. The molecule has 0 aliphatic rings. The van der Waals surface area contributed by atoms with Crippen LogP contribution in [0.4, 0.5) is 0 Å². The predicted octanol–water partition coefficient (Wildman–Crippen LogP) is 1.36. The maximum absolute atomic E-state index is 12.9. The smallest absolute Gasteiger partial charge is 0.278 e. The second kappa shape index (κ2) is 10.00. The largest absolute Gasteiger partial charge is 0.396 e. The SMILES string of the molecule is CNC(=O)[C@@](C)(C(=O)NO)N(C)C(=O)c1ccc(-c2ccc(CCCO)cc2)cc1. The van der Waals surface area contributed by atoms with E-state index in [4.69, 9.17) is 10.3 Å². The minimum Gasteiger partial charge on any atom is -0.396 e. The number of amides is 3. The third-order valence-corrected chi connectivity index (χ3v) is 5.23. The van der Waals surface area contributed by atoms with Gasteiger partial charge in [-0.25, -0.2) is 5.48 Å².